The Morgan fingerprint density at radius 3 is 2.89 bits per heavy atom. The van der Waals surface area contributed by atoms with E-state index in [9.17, 15) is 0 Å². The molecule has 0 bridgehead atoms. The van der Waals surface area contributed by atoms with Gasteiger partial charge in [0.25, 0.3) is 0 Å². The zero-order chi connectivity index (χ0) is 18.9. The van der Waals surface area contributed by atoms with Crippen LogP contribution in [0.25, 0.3) is 16.9 Å². The predicted octanol–water partition coefficient (Wildman–Crippen LogP) is 2.61. The molecule has 0 fully saturated rings. The summed E-state index contributed by atoms with van der Waals surface area (Å²) in [5, 5.41) is 16.6. The third-order valence-electron chi connectivity index (χ3n) is 4.68. The standard InChI is InChI=1S/C20H18N6O2/c1-27-14-6-4-13(5-7-14)16-8-9-18-23-24-19(26(18)25-16)11-15-12-22-20-17(28-15)3-2-10-21-20/h2-10,15H,11-12H2,1H3,(H,21,22). The van der Waals surface area contributed by atoms with Crippen molar-refractivity contribution in [2.24, 2.45) is 0 Å². The highest BCUT2D eigenvalue weighted by atomic mass is 16.5. The van der Waals surface area contributed by atoms with E-state index in [1.807, 2.05) is 48.5 Å². The Morgan fingerprint density at radius 2 is 2.04 bits per heavy atom. The van der Waals surface area contributed by atoms with Gasteiger partial charge in [-0.15, -0.1) is 10.2 Å². The third kappa shape index (κ3) is 2.98. The smallest absolute Gasteiger partial charge is 0.177 e. The van der Waals surface area contributed by atoms with E-state index in [1.165, 1.54) is 0 Å². The molecular formula is C20H18N6O2. The van der Waals surface area contributed by atoms with Crippen molar-refractivity contribution in [1.29, 1.82) is 0 Å². The van der Waals surface area contributed by atoms with Gasteiger partial charge in [-0.2, -0.15) is 9.61 Å². The Bertz CT molecular complexity index is 1130. The van der Waals surface area contributed by atoms with E-state index in [4.69, 9.17) is 14.6 Å². The van der Waals surface area contributed by atoms with Crippen molar-refractivity contribution in [3.05, 3.63) is 60.6 Å². The molecular weight excluding hydrogens is 356 g/mol. The van der Waals surface area contributed by atoms with E-state index in [-0.39, 0.29) is 6.10 Å². The minimum absolute atomic E-state index is 0.0736. The molecule has 3 aromatic heterocycles. The Kier molecular flexibility index (Phi) is 4.01. The second-order valence-corrected chi connectivity index (χ2v) is 6.51. The van der Waals surface area contributed by atoms with Crippen LogP contribution < -0.4 is 14.8 Å². The van der Waals surface area contributed by atoms with Gasteiger partial charge in [0, 0.05) is 18.2 Å². The number of hydrogen-bond acceptors (Lipinski definition) is 7. The number of ether oxygens (including phenoxy) is 2. The summed E-state index contributed by atoms with van der Waals surface area (Å²) in [4.78, 5) is 4.27. The van der Waals surface area contributed by atoms with Gasteiger partial charge in [-0.25, -0.2) is 4.98 Å². The molecule has 0 radical (unpaired) electrons. The van der Waals surface area contributed by atoms with Crippen molar-refractivity contribution in [2.75, 3.05) is 19.0 Å². The van der Waals surface area contributed by atoms with Crippen molar-refractivity contribution < 1.29 is 9.47 Å². The first-order valence-corrected chi connectivity index (χ1v) is 9.01. The van der Waals surface area contributed by atoms with Crippen LogP contribution in [0.5, 0.6) is 11.5 Å². The molecule has 0 saturated carbocycles. The highest BCUT2D eigenvalue weighted by Gasteiger charge is 2.22. The molecule has 1 aliphatic rings. The SMILES string of the molecule is COc1ccc(-c2ccc3nnc(CC4CNc5ncccc5O4)n3n2)cc1. The van der Waals surface area contributed by atoms with E-state index < -0.39 is 0 Å². The van der Waals surface area contributed by atoms with Crippen molar-refractivity contribution >= 4 is 11.5 Å². The van der Waals surface area contributed by atoms with Crippen LogP contribution >= 0.6 is 0 Å². The van der Waals surface area contributed by atoms with E-state index >= 15 is 0 Å². The van der Waals surface area contributed by atoms with Gasteiger partial charge in [0.05, 0.1) is 19.3 Å². The van der Waals surface area contributed by atoms with Crippen LogP contribution in [-0.4, -0.2) is 44.6 Å². The van der Waals surface area contributed by atoms with Gasteiger partial charge >= 0.3 is 0 Å². The molecule has 140 valence electrons. The number of nitrogens with one attached hydrogen (secondary N) is 1. The fraction of sp³-hybridized carbons (Fsp3) is 0.200. The number of methoxy groups -OCH3 is 1. The van der Waals surface area contributed by atoms with Gasteiger partial charge in [0.15, 0.2) is 23.0 Å². The van der Waals surface area contributed by atoms with Crippen LogP contribution in [0, 0.1) is 0 Å². The molecule has 4 aromatic rings. The highest BCUT2D eigenvalue weighted by Crippen LogP contribution is 2.27. The molecule has 0 aliphatic carbocycles. The van der Waals surface area contributed by atoms with Gasteiger partial charge < -0.3 is 14.8 Å². The summed E-state index contributed by atoms with van der Waals surface area (Å²) in [6.45, 7) is 0.650. The molecule has 1 unspecified atom stereocenters. The van der Waals surface area contributed by atoms with Crippen LogP contribution in [0.15, 0.2) is 54.7 Å². The number of fused-ring (bicyclic) bond motifs is 2. The minimum Gasteiger partial charge on any atom is -0.497 e. The normalized spacial score (nSPS) is 15.5. The van der Waals surface area contributed by atoms with Gasteiger partial charge in [-0.05, 0) is 48.5 Å². The minimum atomic E-state index is -0.0736. The number of pyridine rings is 1. The molecule has 28 heavy (non-hydrogen) atoms. The first-order chi connectivity index (χ1) is 13.8. The van der Waals surface area contributed by atoms with Crippen LogP contribution in [0.3, 0.4) is 0 Å². The molecule has 0 saturated heterocycles. The van der Waals surface area contributed by atoms with Crippen LogP contribution in [-0.2, 0) is 6.42 Å². The van der Waals surface area contributed by atoms with E-state index in [1.54, 1.807) is 17.8 Å². The summed E-state index contributed by atoms with van der Waals surface area (Å²) in [6, 6.07) is 15.4. The van der Waals surface area contributed by atoms with Gasteiger partial charge in [0.2, 0.25) is 0 Å². The Hall–Kier alpha value is -3.68. The van der Waals surface area contributed by atoms with Crippen LogP contribution in [0.4, 0.5) is 5.82 Å². The molecule has 8 nitrogen and oxygen atoms in total. The van der Waals surface area contributed by atoms with E-state index in [2.05, 4.69) is 20.5 Å². The molecule has 0 spiro atoms. The Morgan fingerprint density at radius 1 is 1.14 bits per heavy atom. The maximum absolute atomic E-state index is 6.05. The van der Waals surface area contributed by atoms with Gasteiger partial charge in [-0.1, -0.05) is 0 Å². The Balaban J connectivity index is 1.42. The van der Waals surface area contributed by atoms with Crippen molar-refractivity contribution in [3.63, 3.8) is 0 Å². The lowest BCUT2D eigenvalue weighted by Gasteiger charge is -2.25. The number of anilines is 1. The third-order valence-corrected chi connectivity index (χ3v) is 4.68. The van der Waals surface area contributed by atoms with Crippen LogP contribution in [0.1, 0.15) is 5.82 Å². The van der Waals surface area contributed by atoms with Crippen LogP contribution in [0.2, 0.25) is 0 Å². The summed E-state index contributed by atoms with van der Waals surface area (Å²) >= 11 is 0. The lowest BCUT2D eigenvalue weighted by Crippen LogP contribution is -2.33. The quantitative estimate of drug-likeness (QED) is 0.587. The second-order valence-electron chi connectivity index (χ2n) is 6.51. The molecule has 4 heterocycles. The summed E-state index contributed by atoms with van der Waals surface area (Å²) in [5.41, 5.74) is 2.55. The van der Waals surface area contributed by atoms with Gasteiger partial charge in [-0.3, -0.25) is 0 Å². The number of aromatic nitrogens is 5. The highest BCUT2D eigenvalue weighted by molar-refractivity contribution is 5.61. The first-order valence-electron chi connectivity index (χ1n) is 9.01. The molecule has 1 N–H and O–H groups in total. The molecule has 1 aromatic carbocycles. The molecule has 8 heteroatoms. The number of hydrogen-bond donors (Lipinski definition) is 1. The largest absolute Gasteiger partial charge is 0.497 e. The summed E-state index contributed by atoms with van der Waals surface area (Å²) in [6.07, 6.45) is 2.25. The van der Waals surface area contributed by atoms with Gasteiger partial charge in [0.1, 0.15) is 11.9 Å². The maximum atomic E-state index is 6.05. The maximum Gasteiger partial charge on any atom is 0.177 e. The molecule has 5 rings (SSSR count). The van der Waals surface area contributed by atoms with Crippen molar-refractivity contribution in [3.8, 4) is 22.8 Å². The molecule has 1 atom stereocenters. The lowest BCUT2D eigenvalue weighted by atomic mass is 10.1. The van der Waals surface area contributed by atoms with E-state index in [0.717, 1.165) is 34.4 Å². The number of rotatable bonds is 4. The van der Waals surface area contributed by atoms with E-state index in [0.29, 0.717) is 18.6 Å². The summed E-state index contributed by atoms with van der Waals surface area (Å²) in [5.74, 6) is 3.08. The zero-order valence-electron chi connectivity index (χ0n) is 15.2. The molecule has 1 aliphatic heterocycles. The predicted molar refractivity (Wildman–Crippen MR) is 104 cm³/mol. The first kappa shape index (κ1) is 16.5. The van der Waals surface area contributed by atoms with Crippen molar-refractivity contribution in [2.45, 2.75) is 12.5 Å². The Labute approximate surface area is 161 Å². The van der Waals surface area contributed by atoms with Crippen molar-refractivity contribution in [1.82, 2.24) is 24.8 Å². The topological polar surface area (TPSA) is 86.5 Å². The summed E-state index contributed by atoms with van der Waals surface area (Å²) in [7, 11) is 1.65. The monoisotopic (exact) mass is 374 g/mol. The number of nitrogens with zero attached hydrogens (tertiary/aromatic N) is 5. The average Bonchev–Trinajstić information content (AvgIpc) is 3.16. The number of benzene rings is 1. The summed E-state index contributed by atoms with van der Waals surface area (Å²) < 4.78 is 13.0. The zero-order valence-corrected chi connectivity index (χ0v) is 15.2. The second kappa shape index (κ2) is 6.80. The fourth-order valence-electron chi connectivity index (χ4n) is 3.24. The molecule has 0 amide bonds. The lowest BCUT2D eigenvalue weighted by molar-refractivity contribution is 0.202. The fourth-order valence-corrected chi connectivity index (χ4v) is 3.24. The average molecular weight is 374 g/mol.